The minimum absolute atomic E-state index is 0. The summed E-state index contributed by atoms with van der Waals surface area (Å²) in [5.41, 5.74) is 10.7. The molecular weight excluding hydrogens is 1010 g/mol. The predicted molar refractivity (Wildman–Crippen MR) is 280 cm³/mol. The first kappa shape index (κ1) is 59.3. The van der Waals surface area contributed by atoms with Gasteiger partial charge in [-0.25, -0.2) is 0 Å². The molecule has 366 valence electrons. The van der Waals surface area contributed by atoms with Gasteiger partial charge in [-0.15, -0.1) is 0 Å². The second kappa shape index (κ2) is 37.8. The third-order valence-corrected chi connectivity index (χ3v) is 30.2. The van der Waals surface area contributed by atoms with Gasteiger partial charge >= 0.3 is 0 Å². The van der Waals surface area contributed by atoms with Gasteiger partial charge in [-0.3, -0.25) is 14.4 Å². The van der Waals surface area contributed by atoms with E-state index in [1.165, 1.54) is 109 Å². The number of carbonyl (C=O) groups excluding carboxylic acids is 3. The van der Waals surface area contributed by atoms with Crippen LogP contribution in [-0.2, 0) is 35.4 Å². The van der Waals surface area contributed by atoms with E-state index in [-0.39, 0.29) is 21.1 Å². The quantitative estimate of drug-likeness (QED) is 0.216. The first-order chi connectivity index (χ1) is 31.3. The fraction of sp³-hybridized carbons (Fsp3) is 0.947. The molecule has 0 N–H and O–H groups in total. The number of hydrogen-bond acceptors (Lipinski definition) is 3. The van der Waals surface area contributed by atoms with E-state index in [1.807, 2.05) is 0 Å². The second-order valence-corrected chi connectivity index (χ2v) is 31.2. The summed E-state index contributed by atoms with van der Waals surface area (Å²) in [6.45, 7) is 13.5. The molecule has 0 aromatic carbocycles. The van der Waals surface area contributed by atoms with Crippen LogP contribution in [-0.4, -0.2) is 71.3 Å². The van der Waals surface area contributed by atoms with Gasteiger partial charge in [0.15, 0.2) is 0 Å². The Morgan fingerprint density at radius 2 is 0.250 bits per heavy atom. The first-order valence-electron chi connectivity index (χ1n) is 28.3. The number of rotatable bonds is 9. The minimum atomic E-state index is 0. The summed E-state index contributed by atoms with van der Waals surface area (Å²) in [6.07, 6.45) is 70.9. The molecule has 0 spiro atoms. The van der Waals surface area contributed by atoms with Gasteiger partial charge in [0.1, 0.15) is 0 Å². The van der Waals surface area contributed by atoms with Crippen molar-refractivity contribution < 1.29 is 35.4 Å². The molecule has 0 bridgehead atoms. The summed E-state index contributed by atoms with van der Waals surface area (Å²) in [5, 5.41) is 0. The molecule has 0 aliphatic heterocycles. The zero-order valence-electron chi connectivity index (χ0n) is 41.5. The van der Waals surface area contributed by atoms with E-state index in [1.54, 1.807) is 231 Å². The van der Waals surface area contributed by atoms with Crippen molar-refractivity contribution in [2.45, 2.75) is 340 Å². The number of hydrogen-bond donors (Lipinski definition) is 0. The van der Waals surface area contributed by atoms with Crippen molar-refractivity contribution in [2.24, 2.45) is 0 Å². The summed E-state index contributed by atoms with van der Waals surface area (Å²) >= 11 is 0. The van der Waals surface area contributed by atoms with Gasteiger partial charge in [-0.2, -0.15) is 0 Å². The van der Waals surface area contributed by atoms with Crippen molar-refractivity contribution in [1.82, 2.24) is 0 Å². The fourth-order valence-corrected chi connectivity index (χ4v) is 29.1. The van der Waals surface area contributed by atoms with Crippen LogP contribution in [0.25, 0.3) is 0 Å². The average molecular weight is 1110 g/mol. The van der Waals surface area contributed by atoms with Crippen LogP contribution in [0, 0.1) is 0 Å². The van der Waals surface area contributed by atoms with E-state index < -0.39 is 0 Å². The molecule has 0 aromatic rings. The van der Waals surface area contributed by atoms with Crippen LogP contribution in [0.1, 0.15) is 289 Å². The normalized spacial score (nSPS) is 25.9. The largest absolute Gasteiger partial charge is 0.281 e. The van der Waals surface area contributed by atoms with Crippen LogP contribution < -0.4 is 0 Å². The van der Waals surface area contributed by atoms with Crippen LogP contribution in [0.5, 0.6) is 0 Å². The maximum Gasteiger partial charge on any atom is 0.281 e. The Kier molecular flexibility index (Phi) is 35.0. The van der Waals surface area contributed by atoms with Gasteiger partial charge in [-0.1, -0.05) is 197 Å². The molecule has 0 atom stereocenters. The summed E-state index contributed by atoms with van der Waals surface area (Å²) in [6, 6.07) is 0. The van der Waals surface area contributed by atoms with E-state index in [0.717, 1.165) is 0 Å². The van der Waals surface area contributed by atoms with E-state index in [9.17, 15) is 0 Å². The fourth-order valence-electron chi connectivity index (χ4n) is 15.1. The molecule has 9 aliphatic carbocycles. The smallest absolute Gasteiger partial charge is 0.281 e. The molecule has 64 heavy (non-hydrogen) atoms. The molecule has 0 aromatic heterocycles. The minimum Gasteiger partial charge on any atom is -0.281 e. The third-order valence-electron chi connectivity index (χ3n) is 18.0. The van der Waals surface area contributed by atoms with Crippen LogP contribution in [0.15, 0.2) is 0 Å². The van der Waals surface area contributed by atoms with Crippen LogP contribution in [0.3, 0.4) is 0 Å². The molecule has 7 heteroatoms. The van der Waals surface area contributed by atoms with Gasteiger partial charge in [0.2, 0.25) is 0 Å². The van der Waals surface area contributed by atoms with Crippen LogP contribution >= 0.6 is 23.8 Å². The summed E-state index contributed by atoms with van der Waals surface area (Å²) in [5.74, 6) is 0. The molecule has 3 nitrogen and oxygen atoms in total. The van der Waals surface area contributed by atoms with E-state index in [4.69, 9.17) is 14.4 Å². The molecule has 9 saturated carbocycles. The molecule has 6 radical (unpaired) electrons. The van der Waals surface area contributed by atoms with Crippen molar-refractivity contribution in [2.75, 3.05) is 0 Å². The predicted octanol–water partition coefficient (Wildman–Crippen LogP) is 18.2. The van der Waals surface area contributed by atoms with E-state index in [2.05, 4.69) is 20.4 Å². The molecule has 9 aliphatic rings. The molecule has 0 heterocycles. The summed E-state index contributed by atoms with van der Waals surface area (Å²) in [7, 11) is 1.15. The second-order valence-electron chi connectivity index (χ2n) is 22.0. The molecular formula is C57H99O3P3W. The Bertz CT molecular complexity index is 800. The van der Waals surface area contributed by atoms with E-state index >= 15 is 0 Å². The van der Waals surface area contributed by atoms with Gasteiger partial charge in [-0.05, 0) is 167 Å². The third kappa shape index (κ3) is 20.4. The molecule has 0 unspecified atom stereocenters. The van der Waals surface area contributed by atoms with Gasteiger partial charge < -0.3 is 0 Å². The average Bonchev–Trinajstić information content (AvgIpc) is 3.39. The van der Waals surface area contributed by atoms with E-state index in [0.29, 0.717) is 23.8 Å². The van der Waals surface area contributed by atoms with Gasteiger partial charge in [0.25, 0.3) is 20.4 Å². The topological polar surface area (TPSA) is 51.2 Å². The van der Waals surface area contributed by atoms with Crippen LogP contribution in [0.4, 0.5) is 0 Å². The molecule has 9 rings (SSSR count). The summed E-state index contributed by atoms with van der Waals surface area (Å²) < 4.78 is 0. The van der Waals surface area contributed by atoms with Gasteiger partial charge in [0, 0.05) is 21.1 Å². The standard InChI is InChI=1S/3C18H33P.3CO.W/c3*1-4-10-16(11-5-1)19(17-12-6-2-7-13-17)18-14-8-3-9-15-18;3*1-2;/h3*16-18H,1-15H2;;;;. The zero-order valence-corrected chi connectivity index (χ0v) is 47.1. The van der Waals surface area contributed by atoms with Crippen molar-refractivity contribution in [3.05, 3.63) is 0 Å². The maximum absolute atomic E-state index is 7.50. The SMILES string of the molecule is C1CCC(P(C2CCCCC2)C2CCCCC2)CC1.C1CCC(P(C2CCCCC2)C2CCCCC2)CC1.C1CCC(P(C2CCCCC2)C2CCCCC2)CC1.[C]=O.[C]=O.[C]=O.[W]. The van der Waals surface area contributed by atoms with Gasteiger partial charge in [0.05, 0.1) is 0 Å². The van der Waals surface area contributed by atoms with Crippen molar-refractivity contribution in [3.63, 3.8) is 0 Å². The zero-order chi connectivity index (χ0) is 44.7. The Hall–Kier alpha value is 0.988. The Balaban J connectivity index is 0.000000239. The molecule has 0 saturated heterocycles. The molecule has 9 fully saturated rings. The Morgan fingerprint density at radius 1 is 0.172 bits per heavy atom. The van der Waals surface area contributed by atoms with Crippen LogP contribution in [0.2, 0.25) is 0 Å². The monoisotopic (exact) mass is 1110 g/mol. The molecule has 0 amide bonds. The van der Waals surface area contributed by atoms with Crippen molar-refractivity contribution >= 4 is 44.1 Å². The van der Waals surface area contributed by atoms with Crippen molar-refractivity contribution in [3.8, 4) is 0 Å². The Labute approximate surface area is 417 Å². The van der Waals surface area contributed by atoms with Crippen molar-refractivity contribution in [1.29, 1.82) is 0 Å². The maximum atomic E-state index is 7.50. The Morgan fingerprint density at radius 3 is 0.328 bits per heavy atom. The first-order valence-corrected chi connectivity index (χ1v) is 32.9. The summed E-state index contributed by atoms with van der Waals surface area (Å²) in [4.78, 5) is 22.5.